The summed E-state index contributed by atoms with van der Waals surface area (Å²) in [6.45, 7) is 0.120. The third kappa shape index (κ3) is 4.62. The molecule has 0 spiro atoms. The van der Waals surface area contributed by atoms with Crippen molar-refractivity contribution in [1.82, 2.24) is 5.32 Å². The van der Waals surface area contributed by atoms with Gasteiger partial charge in [0.05, 0.1) is 4.90 Å². The van der Waals surface area contributed by atoms with E-state index in [0.717, 1.165) is 6.26 Å². The molecular weight excluding hydrogens is 454 g/mol. The zero-order valence-corrected chi connectivity index (χ0v) is 19.1. The average molecular weight is 478 g/mol. The van der Waals surface area contributed by atoms with Crippen molar-refractivity contribution in [3.8, 4) is 11.1 Å². The van der Waals surface area contributed by atoms with E-state index < -0.39 is 27.8 Å². The monoisotopic (exact) mass is 477 g/mol. The maximum Gasteiger partial charge on any atom is 0.322 e. The van der Waals surface area contributed by atoms with E-state index in [0.29, 0.717) is 28.1 Å². The van der Waals surface area contributed by atoms with E-state index in [4.69, 9.17) is 11.1 Å². The number of nitrogens with zero attached hydrogens (tertiary/aromatic N) is 1. The quantitative estimate of drug-likeness (QED) is 0.318. The maximum atomic E-state index is 13.0. The van der Waals surface area contributed by atoms with Crippen LogP contribution < -0.4 is 21.3 Å². The Kier molecular flexibility index (Phi) is 6.08. The number of nitrogens with two attached hydrogens (primary N) is 1. The molecular formula is C24H23N5O4S. The van der Waals surface area contributed by atoms with Crippen LogP contribution in [0.1, 0.15) is 5.56 Å². The first-order valence-corrected chi connectivity index (χ1v) is 12.3. The summed E-state index contributed by atoms with van der Waals surface area (Å²) in [5, 5.41) is 13.1. The molecule has 1 aliphatic heterocycles. The first kappa shape index (κ1) is 23.0. The molecule has 34 heavy (non-hydrogen) atoms. The van der Waals surface area contributed by atoms with Crippen LogP contribution in [0.4, 0.5) is 16.2 Å². The van der Waals surface area contributed by atoms with Crippen LogP contribution in [-0.2, 0) is 14.6 Å². The lowest BCUT2D eigenvalue weighted by Gasteiger charge is -2.23. The Labute approximate surface area is 197 Å². The Morgan fingerprint density at radius 3 is 2.47 bits per heavy atom. The standard InChI is InChI=1S/C24H23N5O4S/c1-34(32,33)21-8-3-2-7-19(21)15-9-11-17(12-10-15)28-23(30)20-14-27-24(31)29(20)18-6-4-5-16(13-18)22(25)26/h2-13,20H,14H2,1H3,(H3,25,26)(H,27,31)(H,28,30). The number of amides is 3. The molecule has 3 amide bonds. The van der Waals surface area contributed by atoms with Gasteiger partial charge in [-0.15, -0.1) is 0 Å². The minimum atomic E-state index is -3.40. The minimum Gasteiger partial charge on any atom is -0.384 e. The third-order valence-electron chi connectivity index (χ3n) is 5.47. The fourth-order valence-corrected chi connectivity index (χ4v) is 4.73. The van der Waals surface area contributed by atoms with Crippen LogP contribution in [0.5, 0.6) is 0 Å². The van der Waals surface area contributed by atoms with Gasteiger partial charge in [-0.1, -0.05) is 42.5 Å². The fourth-order valence-electron chi connectivity index (χ4n) is 3.82. The number of hydrogen-bond acceptors (Lipinski definition) is 5. The van der Waals surface area contributed by atoms with Crippen LogP contribution in [0.3, 0.4) is 0 Å². The van der Waals surface area contributed by atoms with E-state index >= 15 is 0 Å². The van der Waals surface area contributed by atoms with Crippen molar-refractivity contribution in [2.24, 2.45) is 5.73 Å². The number of nitrogen functional groups attached to an aromatic ring is 1. The second-order valence-corrected chi connectivity index (χ2v) is 9.85. The fraction of sp³-hybridized carbons (Fsp3) is 0.125. The molecule has 1 atom stereocenters. The zero-order valence-electron chi connectivity index (χ0n) is 18.3. The van der Waals surface area contributed by atoms with Crippen molar-refractivity contribution in [3.05, 3.63) is 78.4 Å². The summed E-state index contributed by atoms with van der Waals surface area (Å²) < 4.78 is 24.2. The summed E-state index contributed by atoms with van der Waals surface area (Å²) >= 11 is 0. The van der Waals surface area contributed by atoms with Gasteiger partial charge in [-0.3, -0.25) is 15.1 Å². The molecule has 0 aliphatic carbocycles. The van der Waals surface area contributed by atoms with Crippen LogP contribution in [0.15, 0.2) is 77.7 Å². The molecule has 1 saturated heterocycles. The molecule has 10 heteroatoms. The highest BCUT2D eigenvalue weighted by Crippen LogP contribution is 2.29. The van der Waals surface area contributed by atoms with E-state index in [1.54, 1.807) is 72.8 Å². The van der Waals surface area contributed by atoms with Crippen LogP contribution >= 0.6 is 0 Å². The molecule has 1 heterocycles. The van der Waals surface area contributed by atoms with Crippen LogP contribution in [0.25, 0.3) is 11.1 Å². The summed E-state index contributed by atoms with van der Waals surface area (Å²) in [6.07, 6.45) is 1.16. The largest absolute Gasteiger partial charge is 0.384 e. The number of carbonyl (C=O) groups is 2. The molecule has 0 saturated carbocycles. The molecule has 3 aromatic rings. The highest BCUT2D eigenvalue weighted by atomic mass is 32.2. The maximum absolute atomic E-state index is 13.0. The number of rotatable bonds is 6. The van der Waals surface area contributed by atoms with Crippen molar-refractivity contribution in [1.29, 1.82) is 5.41 Å². The zero-order chi connectivity index (χ0) is 24.5. The van der Waals surface area contributed by atoms with Crippen molar-refractivity contribution in [2.45, 2.75) is 10.9 Å². The van der Waals surface area contributed by atoms with Gasteiger partial charge >= 0.3 is 6.03 Å². The predicted octanol–water partition coefficient (Wildman–Crippen LogP) is 2.58. The van der Waals surface area contributed by atoms with Crippen molar-refractivity contribution in [2.75, 3.05) is 23.0 Å². The number of amidine groups is 1. The number of nitrogens with one attached hydrogen (secondary N) is 3. The molecule has 9 nitrogen and oxygen atoms in total. The molecule has 174 valence electrons. The normalized spacial score (nSPS) is 15.6. The molecule has 1 unspecified atom stereocenters. The first-order valence-electron chi connectivity index (χ1n) is 10.4. The van der Waals surface area contributed by atoms with Gasteiger partial charge in [-0.25, -0.2) is 13.2 Å². The molecule has 1 aliphatic rings. The molecule has 3 aromatic carbocycles. The Bertz CT molecular complexity index is 1390. The van der Waals surface area contributed by atoms with E-state index in [2.05, 4.69) is 10.6 Å². The third-order valence-corrected chi connectivity index (χ3v) is 6.62. The van der Waals surface area contributed by atoms with E-state index in [1.807, 2.05) is 0 Å². The van der Waals surface area contributed by atoms with Crippen LogP contribution in [-0.4, -0.2) is 45.0 Å². The highest BCUT2D eigenvalue weighted by Gasteiger charge is 2.37. The highest BCUT2D eigenvalue weighted by molar-refractivity contribution is 7.90. The average Bonchev–Trinajstić information content (AvgIpc) is 3.20. The molecule has 1 fully saturated rings. The number of sulfone groups is 1. The molecule has 0 aromatic heterocycles. The number of benzene rings is 3. The first-order chi connectivity index (χ1) is 16.1. The van der Waals surface area contributed by atoms with Gasteiger partial charge in [0.1, 0.15) is 11.9 Å². The second-order valence-electron chi connectivity index (χ2n) is 7.87. The van der Waals surface area contributed by atoms with Crippen LogP contribution in [0.2, 0.25) is 0 Å². The molecule has 5 N–H and O–H groups in total. The summed E-state index contributed by atoms with van der Waals surface area (Å²) in [7, 11) is -3.40. The van der Waals surface area contributed by atoms with Gasteiger partial charge < -0.3 is 16.4 Å². The van der Waals surface area contributed by atoms with Gasteiger partial charge in [0.25, 0.3) is 0 Å². The Morgan fingerprint density at radius 2 is 1.79 bits per heavy atom. The number of urea groups is 1. The summed E-state index contributed by atoms with van der Waals surface area (Å²) in [5.41, 5.74) is 8.22. The van der Waals surface area contributed by atoms with Gasteiger partial charge in [0.15, 0.2) is 9.84 Å². The number of anilines is 2. The van der Waals surface area contributed by atoms with E-state index in [9.17, 15) is 18.0 Å². The van der Waals surface area contributed by atoms with Crippen molar-refractivity contribution < 1.29 is 18.0 Å². The lowest BCUT2D eigenvalue weighted by atomic mass is 10.1. The number of hydrogen-bond donors (Lipinski definition) is 4. The van der Waals surface area contributed by atoms with Gasteiger partial charge in [0.2, 0.25) is 5.91 Å². The van der Waals surface area contributed by atoms with Crippen LogP contribution in [0, 0.1) is 5.41 Å². The van der Waals surface area contributed by atoms with E-state index in [-0.39, 0.29) is 17.3 Å². The van der Waals surface area contributed by atoms with Crippen molar-refractivity contribution >= 4 is 39.0 Å². The van der Waals surface area contributed by atoms with Gasteiger partial charge in [-0.2, -0.15) is 0 Å². The molecule has 0 radical (unpaired) electrons. The lowest BCUT2D eigenvalue weighted by Crippen LogP contribution is -2.42. The number of carbonyl (C=O) groups excluding carboxylic acids is 2. The second kappa shape index (κ2) is 8.99. The SMILES string of the molecule is CS(=O)(=O)c1ccccc1-c1ccc(NC(=O)C2CNC(=O)N2c2cccc(C(=N)N)c2)cc1. The molecule has 4 rings (SSSR count). The van der Waals surface area contributed by atoms with E-state index in [1.165, 1.54) is 4.90 Å². The summed E-state index contributed by atoms with van der Waals surface area (Å²) in [5.74, 6) is -0.532. The lowest BCUT2D eigenvalue weighted by molar-refractivity contribution is -0.117. The Morgan fingerprint density at radius 1 is 1.09 bits per heavy atom. The Balaban J connectivity index is 1.55. The summed E-state index contributed by atoms with van der Waals surface area (Å²) in [4.78, 5) is 27.0. The molecule has 0 bridgehead atoms. The van der Waals surface area contributed by atoms with Gasteiger partial charge in [-0.05, 0) is 35.9 Å². The smallest absolute Gasteiger partial charge is 0.322 e. The summed E-state index contributed by atoms with van der Waals surface area (Å²) in [6, 6.07) is 18.9. The minimum absolute atomic E-state index is 0.120. The topological polar surface area (TPSA) is 145 Å². The van der Waals surface area contributed by atoms with Crippen molar-refractivity contribution in [3.63, 3.8) is 0 Å². The Hall–Kier alpha value is -4.18. The van der Waals surface area contributed by atoms with Gasteiger partial charge in [0, 0.05) is 35.3 Å². The predicted molar refractivity (Wildman–Crippen MR) is 131 cm³/mol.